The number of aryl methyl sites for hydroxylation is 1. The predicted octanol–water partition coefficient (Wildman–Crippen LogP) is 0.658. The lowest BCUT2D eigenvalue weighted by atomic mass is 10.4. The molecule has 2 aromatic rings. The Bertz CT molecular complexity index is 702. The van der Waals surface area contributed by atoms with Gasteiger partial charge in [0.15, 0.2) is 0 Å². The maximum absolute atomic E-state index is 11.9. The van der Waals surface area contributed by atoms with Gasteiger partial charge in [-0.25, -0.2) is 17.9 Å². The van der Waals surface area contributed by atoms with Crippen LogP contribution in [-0.2, 0) is 23.6 Å². The number of hydrogen-bond donors (Lipinski definition) is 2. The first-order valence-electron chi connectivity index (χ1n) is 5.18. The molecule has 7 nitrogen and oxygen atoms in total. The van der Waals surface area contributed by atoms with Crippen molar-refractivity contribution in [1.82, 2.24) is 14.5 Å². The molecule has 0 aliphatic heterocycles. The highest BCUT2D eigenvalue weighted by Gasteiger charge is 2.18. The normalized spacial score (nSPS) is 11.6. The summed E-state index contributed by atoms with van der Waals surface area (Å²) in [5.41, 5.74) is 0.706. The molecule has 0 saturated carbocycles. The quantitative estimate of drug-likeness (QED) is 0.844. The van der Waals surface area contributed by atoms with Crippen LogP contribution in [0.25, 0.3) is 0 Å². The van der Waals surface area contributed by atoms with Crippen molar-refractivity contribution in [2.75, 3.05) is 0 Å². The van der Waals surface area contributed by atoms with E-state index in [-0.39, 0.29) is 16.3 Å². The van der Waals surface area contributed by atoms with Crippen LogP contribution in [0.15, 0.2) is 28.6 Å². The monoisotopic (exact) mass is 301 g/mol. The summed E-state index contributed by atoms with van der Waals surface area (Å²) in [5.74, 6) is -1.14. The number of nitrogens with one attached hydrogen (secondary N) is 1. The van der Waals surface area contributed by atoms with Crippen molar-refractivity contribution < 1.29 is 18.3 Å². The van der Waals surface area contributed by atoms with Gasteiger partial charge in [0.1, 0.15) is 4.88 Å². The summed E-state index contributed by atoms with van der Waals surface area (Å²) in [4.78, 5) is 10.7. The Morgan fingerprint density at radius 1 is 1.58 bits per heavy atom. The number of thiophene rings is 1. The van der Waals surface area contributed by atoms with Gasteiger partial charge in [-0.1, -0.05) is 0 Å². The van der Waals surface area contributed by atoms with Gasteiger partial charge in [-0.05, 0) is 12.1 Å². The zero-order valence-electron chi connectivity index (χ0n) is 9.90. The van der Waals surface area contributed by atoms with Crippen LogP contribution >= 0.6 is 11.3 Å². The maximum atomic E-state index is 11.9. The van der Waals surface area contributed by atoms with Gasteiger partial charge in [-0.2, -0.15) is 5.10 Å². The van der Waals surface area contributed by atoms with Gasteiger partial charge in [-0.3, -0.25) is 4.68 Å². The average molecular weight is 301 g/mol. The number of sulfonamides is 1. The number of nitrogens with zero attached hydrogens (tertiary/aromatic N) is 2. The molecule has 0 aliphatic rings. The first-order chi connectivity index (χ1) is 8.90. The number of carbonyl (C=O) groups is 1. The average Bonchev–Trinajstić information content (AvgIpc) is 2.95. The second-order valence-electron chi connectivity index (χ2n) is 3.72. The van der Waals surface area contributed by atoms with Crippen LogP contribution in [-0.4, -0.2) is 29.3 Å². The summed E-state index contributed by atoms with van der Waals surface area (Å²) >= 11 is 0.875. The van der Waals surface area contributed by atoms with E-state index in [1.165, 1.54) is 5.38 Å². The van der Waals surface area contributed by atoms with E-state index in [0.29, 0.717) is 5.69 Å². The highest BCUT2D eigenvalue weighted by atomic mass is 32.2. The molecule has 0 saturated heterocycles. The molecule has 2 N–H and O–H groups in total. The molecule has 0 radical (unpaired) electrons. The number of carboxylic acids is 1. The SMILES string of the molecule is Cn1nccc1CNS(=O)(=O)c1csc(C(=O)O)c1. The van der Waals surface area contributed by atoms with Crippen LogP contribution in [0, 0.1) is 0 Å². The number of aromatic nitrogens is 2. The number of carboxylic acid groups (broad SMARTS) is 1. The third kappa shape index (κ3) is 3.00. The van der Waals surface area contributed by atoms with E-state index in [1.807, 2.05) is 0 Å². The van der Waals surface area contributed by atoms with Gasteiger partial charge in [-0.15, -0.1) is 11.3 Å². The number of aromatic carboxylic acids is 1. The minimum absolute atomic E-state index is 0.0130. The molecule has 0 atom stereocenters. The Morgan fingerprint density at radius 3 is 2.84 bits per heavy atom. The van der Waals surface area contributed by atoms with Gasteiger partial charge < -0.3 is 5.11 Å². The standard InChI is InChI=1S/C10H11N3O4S2/c1-13-7(2-3-11-13)5-12-19(16,17)8-4-9(10(14)15)18-6-8/h2-4,6,12H,5H2,1H3,(H,14,15). The molecule has 19 heavy (non-hydrogen) atoms. The highest BCUT2D eigenvalue weighted by molar-refractivity contribution is 7.89. The van der Waals surface area contributed by atoms with Gasteiger partial charge in [0, 0.05) is 18.6 Å². The molecule has 0 amide bonds. The Labute approximate surface area is 113 Å². The Morgan fingerprint density at radius 2 is 2.32 bits per heavy atom. The third-order valence-corrected chi connectivity index (χ3v) is 4.91. The Kier molecular flexibility index (Phi) is 3.69. The third-order valence-electron chi connectivity index (χ3n) is 2.46. The summed E-state index contributed by atoms with van der Waals surface area (Å²) in [7, 11) is -2.00. The number of hydrogen-bond acceptors (Lipinski definition) is 5. The van der Waals surface area contributed by atoms with Gasteiger partial charge in [0.05, 0.1) is 17.1 Å². The first-order valence-corrected chi connectivity index (χ1v) is 7.55. The van der Waals surface area contributed by atoms with E-state index in [2.05, 4.69) is 9.82 Å². The maximum Gasteiger partial charge on any atom is 0.345 e. The molecule has 0 bridgehead atoms. The van der Waals surface area contributed by atoms with Crippen molar-refractivity contribution >= 4 is 27.3 Å². The van der Waals surface area contributed by atoms with Gasteiger partial charge >= 0.3 is 5.97 Å². The fraction of sp³-hybridized carbons (Fsp3) is 0.200. The van der Waals surface area contributed by atoms with Crippen LogP contribution < -0.4 is 4.72 Å². The smallest absolute Gasteiger partial charge is 0.345 e. The molecular formula is C10H11N3O4S2. The summed E-state index contributed by atoms with van der Waals surface area (Å²) < 4.78 is 27.8. The van der Waals surface area contributed by atoms with E-state index in [1.54, 1.807) is 24.0 Å². The lowest BCUT2D eigenvalue weighted by molar-refractivity contribution is 0.0702. The summed E-state index contributed by atoms with van der Waals surface area (Å²) in [6.07, 6.45) is 1.57. The molecule has 0 aromatic carbocycles. The Hall–Kier alpha value is -1.71. The lowest BCUT2D eigenvalue weighted by Gasteiger charge is -2.05. The van der Waals surface area contributed by atoms with E-state index in [9.17, 15) is 13.2 Å². The van der Waals surface area contributed by atoms with Gasteiger partial charge in [0.25, 0.3) is 0 Å². The van der Waals surface area contributed by atoms with Crippen LogP contribution in [0.4, 0.5) is 0 Å². The van der Waals surface area contributed by atoms with Crippen molar-refractivity contribution in [3.63, 3.8) is 0 Å². The summed E-state index contributed by atoms with van der Waals surface area (Å²) in [6, 6.07) is 2.83. The second kappa shape index (κ2) is 5.11. The molecule has 102 valence electrons. The van der Waals surface area contributed by atoms with E-state index >= 15 is 0 Å². The van der Waals surface area contributed by atoms with Crippen LogP contribution in [0.5, 0.6) is 0 Å². The fourth-order valence-electron chi connectivity index (χ4n) is 1.40. The second-order valence-corrected chi connectivity index (χ2v) is 6.40. The van der Waals surface area contributed by atoms with E-state index in [4.69, 9.17) is 5.11 Å². The molecule has 0 unspecified atom stereocenters. The molecule has 2 aromatic heterocycles. The molecule has 2 heterocycles. The van der Waals surface area contributed by atoms with Crippen molar-refractivity contribution in [2.45, 2.75) is 11.4 Å². The predicted molar refractivity (Wildman–Crippen MR) is 68.5 cm³/mol. The van der Waals surface area contributed by atoms with Crippen molar-refractivity contribution in [1.29, 1.82) is 0 Å². The first kappa shape index (κ1) is 13.7. The van der Waals surface area contributed by atoms with Crippen molar-refractivity contribution in [3.05, 3.63) is 34.3 Å². The molecule has 0 spiro atoms. The van der Waals surface area contributed by atoms with Crippen LogP contribution in [0.1, 0.15) is 15.4 Å². The number of rotatable bonds is 5. The highest BCUT2D eigenvalue weighted by Crippen LogP contribution is 2.19. The van der Waals surface area contributed by atoms with Crippen LogP contribution in [0.3, 0.4) is 0 Å². The lowest BCUT2D eigenvalue weighted by Crippen LogP contribution is -2.24. The zero-order chi connectivity index (χ0) is 14.0. The van der Waals surface area contributed by atoms with E-state index < -0.39 is 16.0 Å². The van der Waals surface area contributed by atoms with Crippen molar-refractivity contribution in [2.24, 2.45) is 7.05 Å². The summed E-state index contributed by atoms with van der Waals surface area (Å²) in [6.45, 7) is 0.0943. The minimum atomic E-state index is -3.71. The zero-order valence-corrected chi connectivity index (χ0v) is 11.5. The molecular weight excluding hydrogens is 290 g/mol. The fourth-order valence-corrected chi connectivity index (χ4v) is 3.51. The molecule has 0 fully saturated rings. The minimum Gasteiger partial charge on any atom is -0.477 e. The topological polar surface area (TPSA) is 101 Å². The Balaban J connectivity index is 2.14. The van der Waals surface area contributed by atoms with Crippen LogP contribution in [0.2, 0.25) is 0 Å². The largest absolute Gasteiger partial charge is 0.477 e. The van der Waals surface area contributed by atoms with Gasteiger partial charge in [0.2, 0.25) is 10.0 Å². The summed E-state index contributed by atoms with van der Waals surface area (Å²) in [5, 5.41) is 14.0. The molecule has 9 heteroatoms. The van der Waals surface area contributed by atoms with E-state index in [0.717, 1.165) is 17.4 Å². The molecule has 0 aliphatic carbocycles. The molecule has 2 rings (SSSR count). The van der Waals surface area contributed by atoms with Crippen molar-refractivity contribution in [3.8, 4) is 0 Å².